The second-order valence-electron chi connectivity index (χ2n) is 24.9. The average Bonchev–Trinajstić information content (AvgIpc) is 1.58. The predicted octanol–water partition coefficient (Wildman–Crippen LogP) is 8.46. The quantitative estimate of drug-likeness (QED) is 0.0182. The number of β-amino-alcohol motifs (C(OH)–C–C–N with tert-alkyl or cyclic N) is 1. The number of halogens is 1. The van der Waals surface area contributed by atoms with Crippen LogP contribution in [-0.4, -0.2) is 141 Å². The van der Waals surface area contributed by atoms with E-state index >= 15 is 0 Å². The van der Waals surface area contributed by atoms with Crippen LogP contribution in [-0.2, 0) is 45.7 Å². The van der Waals surface area contributed by atoms with Crippen LogP contribution in [0.15, 0.2) is 116 Å². The molecule has 1 aliphatic heterocycles. The molecule has 0 spiro atoms. The summed E-state index contributed by atoms with van der Waals surface area (Å²) in [7, 11) is 0. The van der Waals surface area contributed by atoms with E-state index in [1.165, 1.54) is 4.90 Å². The minimum atomic E-state index is -2.01. The Labute approximate surface area is 531 Å². The zero-order valence-corrected chi connectivity index (χ0v) is 52.9. The minimum Gasteiger partial charge on any atom is -0.393 e. The molecule has 0 radical (unpaired) electrons. The van der Waals surface area contributed by atoms with Crippen molar-refractivity contribution in [2.45, 2.75) is 152 Å². The Bertz CT molecular complexity index is 3550. The summed E-state index contributed by atoms with van der Waals surface area (Å²) in [5.74, 6) is 4.95. The zero-order valence-electron chi connectivity index (χ0n) is 52.1. The topological polar surface area (TPSA) is 242 Å². The van der Waals surface area contributed by atoms with Crippen LogP contribution in [0.25, 0.3) is 33.4 Å². The van der Waals surface area contributed by atoms with E-state index in [1.807, 2.05) is 89.9 Å². The van der Waals surface area contributed by atoms with Gasteiger partial charge in [-0.25, -0.2) is 9.37 Å². The van der Waals surface area contributed by atoms with Crippen molar-refractivity contribution in [1.82, 2.24) is 40.3 Å². The molecule has 90 heavy (non-hydrogen) atoms. The first kappa shape index (κ1) is 66.7. The second-order valence-corrected chi connectivity index (χ2v) is 25.8. The Morgan fingerprint density at radius 3 is 2.18 bits per heavy atom. The first-order valence-electron chi connectivity index (χ1n) is 31.5. The summed E-state index contributed by atoms with van der Waals surface area (Å²) in [6, 6.07) is 33.4. The fraction of sp³-hybridized carbons (Fsp3) is 0.471. The molecule has 4 atom stereocenters. The SMILES string of the molecule is CSCc1ccc([C@H](CC(=O)NCCOCCOCCC(=O)NCCCCC#Cc2cccc(Cn3c(-c4ccccc4)c(-c4ccccc4)c4c(=N)n(C5CCC(O)CC5)cnc43)c2)NC(=O)[C@@H]2C[C@@H](O)CN2C(=O)C(NC(=O)C2(F)CC2)C(C)(C)C)cc1. The third-order valence-electron chi connectivity index (χ3n) is 16.9. The van der Waals surface area contributed by atoms with E-state index in [0.717, 1.165) is 81.5 Å². The van der Waals surface area contributed by atoms with Crippen LogP contribution in [0.1, 0.15) is 132 Å². The number of hydrogen-bond donors (Lipinski definition) is 7. The first-order chi connectivity index (χ1) is 43.4. The zero-order chi connectivity index (χ0) is 63.8. The number of hydrogen-bond acceptors (Lipinski definition) is 12. The average molecular weight is 1250 g/mol. The number of likely N-dealkylation sites (tertiary alicyclic amines) is 1. The standard InChI is InChI=1S/C70H86FN9O9S/c1-69(2,3)63(77-68(87)70(71)32-33-70)67(86)78-44-55(82)41-57(78)66(85)76-56(50-25-23-48(24-26-50)45-90-4)42-59(84)74-35-37-89-39-38-88-36-31-58(83)73-34-14-6-5-9-16-47-17-15-18-49(40-47)43-79-62(52-21-12-8-13-22-52)60(51-19-10-7-11-20-51)61-64(72)80(46-75-65(61)79)53-27-29-54(81)30-28-53/h7-8,10-13,15,17-26,40,46,53-57,63,72,81-82H,5-6,14,27-39,41-45H2,1-4H3,(H,73,83)(H,74,84)(H,76,85)(H,77,87)/t53?,54?,55-,56+,57+,63?/m1/s1. The highest BCUT2D eigenvalue weighted by Gasteiger charge is 2.53. The molecule has 18 nitrogen and oxygen atoms in total. The van der Waals surface area contributed by atoms with E-state index in [2.05, 4.69) is 74.1 Å². The molecule has 5 amide bonds. The predicted molar refractivity (Wildman–Crippen MR) is 346 cm³/mol. The van der Waals surface area contributed by atoms with Crippen molar-refractivity contribution in [3.63, 3.8) is 0 Å². The van der Waals surface area contributed by atoms with Gasteiger partial charge in [-0.15, -0.1) is 0 Å². The molecule has 0 bridgehead atoms. The maximum Gasteiger partial charge on any atom is 0.258 e. The lowest BCUT2D eigenvalue weighted by molar-refractivity contribution is -0.145. The van der Waals surface area contributed by atoms with Crippen molar-refractivity contribution in [2.75, 3.05) is 52.3 Å². The summed E-state index contributed by atoms with van der Waals surface area (Å²) in [5, 5.41) is 42.8. The molecule has 3 aliphatic rings. The third-order valence-corrected chi connectivity index (χ3v) is 17.5. The molecule has 4 aromatic carbocycles. The Balaban J connectivity index is 0.687. The van der Waals surface area contributed by atoms with Crippen molar-refractivity contribution in [3.8, 4) is 34.2 Å². The minimum absolute atomic E-state index is 0.0543. The molecule has 478 valence electrons. The summed E-state index contributed by atoms with van der Waals surface area (Å²) in [6.07, 6.45) is 7.92. The summed E-state index contributed by atoms with van der Waals surface area (Å²) in [5.41, 5.74) is 6.01. The number of amides is 5. The van der Waals surface area contributed by atoms with Crippen LogP contribution in [0, 0.1) is 22.7 Å². The molecule has 2 saturated carbocycles. The summed E-state index contributed by atoms with van der Waals surface area (Å²) >= 11 is 1.66. The van der Waals surface area contributed by atoms with Crippen LogP contribution in [0.3, 0.4) is 0 Å². The van der Waals surface area contributed by atoms with Crippen LogP contribution in [0.5, 0.6) is 0 Å². The van der Waals surface area contributed by atoms with E-state index in [9.17, 15) is 44.0 Å². The number of carbonyl (C=O) groups is 5. The molecule has 1 unspecified atom stereocenters. The molecule has 2 aliphatic carbocycles. The molecule has 6 aromatic rings. The van der Waals surface area contributed by atoms with Gasteiger partial charge in [0.2, 0.25) is 23.6 Å². The maximum absolute atomic E-state index is 14.7. The van der Waals surface area contributed by atoms with Crippen LogP contribution in [0.2, 0.25) is 0 Å². The number of unbranched alkanes of at least 4 members (excludes halogenated alkanes) is 2. The molecule has 2 aromatic heterocycles. The normalized spacial score (nSPS) is 18.5. The van der Waals surface area contributed by atoms with Crippen molar-refractivity contribution >= 4 is 52.3 Å². The number of nitrogens with one attached hydrogen (secondary N) is 5. The smallest absolute Gasteiger partial charge is 0.258 e. The number of fused-ring (bicyclic) bond motifs is 1. The number of carbonyl (C=O) groups excluding carboxylic acids is 5. The van der Waals surface area contributed by atoms with Gasteiger partial charge in [-0.1, -0.05) is 130 Å². The third kappa shape index (κ3) is 17.6. The van der Waals surface area contributed by atoms with Gasteiger partial charge in [0.05, 0.1) is 68.5 Å². The van der Waals surface area contributed by atoms with Gasteiger partial charge in [0.15, 0.2) is 5.67 Å². The number of ether oxygens (including phenoxy) is 2. The van der Waals surface area contributed by atoms with Gasteiger partial charge in [0, 0.05) is 68.4 Å². The van der Waals surface area contributed by atoms with Crippen molar-refractivity contribution < 1.29 is 48.0 Å². The van der Waals surface area contributed by atoms with Crippen molar-refractivity contribution in [2.24, 2.45) is 5.41 Å². The number of thioether (sulfide) groups is 1. The Hall–Kier alpha value is -7.67. The highest BCUT2D eigenvalue weighted by Crippen LogP contribution is 2.42. The number of alkyl halides is 1. The van der Waals surface area contributed by atoms with Gasteiger partial charge >= 0.3 is 0 Å². The molecule has 9 rings (SSSR count). The van der Waals surface area contributed by atoms with E-state index in [0.29, 0.717) is 43.4 Å². The van der Waals surface area contributed by atoms with E-state index < -0.39 is 53.0 Å². The van der Waals surface area contributed by atoms with E-state index in [4.69, 9.17) is 14.5 Å². The Morgan fingerprint density at radius 2 is 1.49 bits per heavy atom. The highest BCUT2D eigenvalue weighted by atomic mass is 32.2. The molecule has 7 N–H and O–H groups in total. The largest absolute Gasteiger partial charge is 0.393 e. The number of rotatable bonds is 28. The summed E-state index contributed by atoms with van der Waals surface area (Å²) in [4.78, 5) is 73.2. The van der Waals surface area contributed by atoms with Gasteiger partial charge in [-0.3, -0.25) is 29.4 Å². The lowest BCUT2D eigenvalue weighted by Crippen LogP contribution is -2.59. The summed E-state index contributed by atoms with van der Waals surface area (Å²) < 4.78 is 30.3. The maximum atomic E-state index is 14.7. The van der Waals surface area contributed by atoms with Gasteiger partial charge in [-0.05, 0) is 103 Å². The number of aromatic nitrogens is 3. The molecular weight excluding hydrogens is 1160 g/mol. The fourth-order valence-electron chi connectivity index (χ4n) is 11.8. The van der Waals surface area contributed by atoms with Crippen LogP contribution in [0.4, 0.5) is 4.39 Å². The second kappa shape index (κ2) is 31.4. The number of nitrogens with zero attached hydrogens (tertiary/aromatic N) is 4. The summed E-state index contributed by atoms with van der Waals surface area (Å²) in [6.45, 7) is 7.19. The lowest BCUT2D eigenvalue weighted by Gasteiger charge is -2.36. The number of aliphatic hydroxyl groups is 2. The number of aliphatic hydroxyl groups excluding tert-OH is 2. The van der Waals surface area contributed by atoms with Crippen LogP contribution < -0.4 is 26.8 Å². The van der Waals surface area contributed by atoms with E-state index in [-0.39, 0.29) is 95.6 Å². The molecule has 3 fully saturated rings. The molecule has 1 saturated heterocycles. The fourth-order valence-corrected chi connectivity index (χ4v) is 12.4. The molecular formula is C70H86FN9O9S. The molecule has 3 heterocycles. The first-order valence-corrected chi connectivity index (χ1v) is 32.9. The van der Waals surface area contributed by atoms with Gasteiger partial charge in [0.1, 0.15) is 23.2 Å². The lowest BCUT2D eigenvalue weighted by atomic mass is 9.85. The number of benzene rings is 4. The Morgan fingerprint density at radius 1 is 0.800 bits per heavy atom. The molecule has 20 heteroatoms. The Kier molecular flexibility index (Phi) is 23.3. The highest BCUT2D eigenvalue weighted by molar-refractivity contribution is 7.97. The van der Waals surface area contributed by atoms with Gasteiger partial charge < -0.3 is 55.0 Å². The van der Waals surface area contributed by atoms with Crippen molar-refractivity contribution in [3.05, 3.63) is 143 Å². The van der Waals surface area contributed by atoms with Crippen molar-refractivity contribution in [1.29, 1.82) is 5.41 Å². The monoisotopic (exact) mass is 1250 g/mol. The van der Waals surface area contributed by atoms with Gasteiger partial charge in [-0.2, -0.15) is 11.8 Å². The van der Waals surface area contributed by atoms with E-state index in [1.54, 1.807) is 32.5 Å². The van der Waals surface area contributed by atoms with Gasteiger partial charge in [0.25, 0.3) is 5.91 Å². The van der Waals surface area contributed by atoms with Crippen LogP contribution >= 0.6 is 11.8 Å².